The number of aryl methyl sites for hydroxylation is 1. The van der Waals surface area contributed by atoms with E-state index in [-0.39, 0.29) is 0 Å². The van der Waals surface area contributed by atoms with E-state index in [9.17, 15) is 9.59 Å². The molecule has 0 radical (unpaired) electrons. The summed E-state index contributed by atoms with van der Waals surface area (Å²) in [6.07, 6.45) is 0.398. The van der Waals surface area contributed by atoms with E-state index >= 15 is 0 Å². The Morgan fingerprint density at radius 1 is 1.50 bits per heavy atom. The minimum absolute atomic E-state index is 0.398. The van der Waals surface area contributed by atoms with Gasteiger partial charge in [0.25, 0.3) is 0 Å². The molecular formula is C14H11BrN2O2S. The third-order valence-electron chi connectivity index (χ3n) is 3.36. The summed E-state index contributed by atoms with van der Waals surface area (Å²) in [5.74, 6) is -0.432. The molecular weight excluding hydrogens is 340 g/mol. The number of Topliss-reactive ketones (excluding diaryl/α,β-unsaturated/α-hetero) is 1. The van der Waals surface area contributed by atoms with Crippen LogP contribution in [0.25, 0.3) is 0 Å². The van der Waals surface area contributed by atoms with Gasteiger partial charge in [-0.05, 0) is 34.0 Å². The maximum Gasteiger partial charge on any atom is 0.222 e. The predicted molar refractivity (Wildman–Crippen MR) is 81.0 cm³/mol. The van der Waals surface area contributed by atoms with Crippen molar-refractivity contribution in [1.29, 1.82) is 0 Å². The van der Waals surface area contributed by atoms with Crippen LogP contribution in [0.1, 0.15) is 22.0 Å². The van der Waals surface area contributed by atoms with Crippen LogP contribution < -0.4 is 4.90 Å². The van der Waals surface area contributed by atoms with Crippen LogP contribution >= 0.6 is 27.3 Å². The average molecular weight is 351 g/mol. The normalized spacial score (nSPS) is 17.1. The summed E-state index contributed by atoms with van der Waals surface area (Å²) < 4.78 is 0.783. The fraction of sp³-hybridized carbons (Fsp3) is 0.214. The van der Waals surface area contributed by atoms with E-state index in [1.807, 2.05) is 36.1 Å². The number of hydrogen-bond donors (Lipinski definition) is 0. The van der Waals surface area contributed by atoms with Gasteiger partial charge in [0.1, 0.15) is 10.6 Å². The van der Waals surface area contributed by atoms with E-state index in [0.717, 1.165) is 25.7 Å². The van der Waals surface area contributed by atoms with Gasteiger partial charge in [-0.2, -0.15) is 0 Å². The Kier molecular flexibility index (Phi) is 3.43. The molecule has 0 bridgehead atoms. The van der Waals surface area contributed by atoms with Gasteiger partial charge in [-0.1, -0.05) is 24.3 Å². The second-order valence-electron chi connectivity index (χ2n) is 4.59. The van der Waals surface area contributed by atoms with Crippen molar-refractivity contribution in [1.82, 2.24) is 4.98 Å². The highest BCUT2D eigenvalue weighted by Crippen LogP contribution is 2.40. The van der Waals surface area contributed by atoms with E-state index < -0.39 is 11.8 Å². The first kappa shape index (κ1) is 13.5. The lowest BCUT2D eigenvalue weighted by molar-refractivity contribution is -0.130. The van der Waals surface area contributed by atoms with Gasteiger partial charge in [0.05, 0.1) is 0 Å². The molecule has 2 heterocycles. The number of hydrogen-bond acceptors (Lipinski definition) is 5. The SMILES string of the molecule is Cc1sc(N2Cc3ccccc3C2C(=O)C=O)nc1Br. The lowest BCUT2D eigenvalue weighted by Crippen LogP contribution is -2.28. The van der Waals surface area contributed by atoms with Crippen LogP contribution in [-0.4, -0.2) is 17.1 Å². The second kappa shape index (κ2) is 5.10. The standard InChI is InChI=1S/C14H11BrN2O2S/c1-8-13(15)16-14(20-8)17-6-9-4-2-3-5-10(9)12(17)11(19)7-18/h2-5,7,12H,6H2,1H3. The molecule has 1 aliphatic rings. The number of ketones is 1. The van der Waals surface area contributed by atoms with E-state index in [0.29, 0.717) is 12.8 Å². The molecule has 0 fully saturated rings. The molecule has 4 nitrogen and oxygen atoms in total. The summed E-state index contributed by atoms with van der Waals surface area (Å²) in [5, 5.41) is 0.755. The Bertz CT molecular complexity index is 679. The zero-order chi connectivity index (χ0) is 14.3. The molecule has 1 unspecified atom stereocenters. The maximum atomic E-state index is 12.0. The first-order valence-corrected chi connectivity index (χ1v) is 7.69. The van der Waals surface area contributed by atoms with Crippen LogP contribution in [0.2, 0.25) is 0 Å². The molecule has 1 atom stereocenters. The number of carbonyl (C=O) groups is 2. The molecule has 102 valence electrons. The lowest BCUT2D eigenvalue weighted by Gasteiger charge is -2.21. The van der Waals surface area contributed by atoms with Crippen molar-refractivity contribution >= 4 is 44.5 Å². The minimum atomic E-state index is -0.554. The Morgan fingerprint density at radius 3 is 2.90 bits per heavy atom. The van der Waals surface area contributed by atoms with Crippen LogP contribution in [0.15, 0.2) is 28.9 Å². The molecule has 2 aromatic rings. The molecule has 1 aliphatic heterocycles. The van der Waals surface area contributed by atoms with Crippen molar-refractivity contribution in [3.05, 3.63) is 44.9 Å². The average Bonchev–Trinajstić information content (AvgIpc) is 2.99. The summed E-state index contributed by atoms with van der Waals surface area (Å²) in [7, 11) is 0. The molecule has 3 rings (SSSR count). The zero-order valence-electron chi connectivity index (χ0n) is 10.7. The van der Waals surface area contributed by atoms with E-state index in [1.165, 1.54) is 11.3 Å². The summed E-state index contributed by atoms with van der Waals surface area (Å²) in [6.45, 7) is 2.56. The molecule has 0 saturated carbocycles. The molecule has 0 saturated heterocycles. The second-order valence-corrected chi connectivity index (χ2v) is 6.53. The number of thiazole rings is 1. The van der Waals surface area contributed by atoms with Gasteiger partial charge in [-0.3, -0.25) is 9.59 Å². The molecule has 1 aromatic heterocycles. The molecule has 20 heavy (non-hydrogen) atoms. The van der Waals surface area contributed by atoms with Crippen molar-refractivity contribution in [3.8, 4) is 0 Å². The van der Waals surface area contributed by atoms with Gasteiger partial charge in [0.2, 0.25) is 5.78 Å². The fourth-order valence-corrected chi connectivity index (χ4v) is 3.78. The molecule has 0 aliphatic carbocycles. The smallest absolute Gasteiger partial charge is 0.222 e. The third-order valence-corrected chi connectivity index (χ3v) is 5.40. The summed E-state index contributed by atoms with van der Waals surface area (Å²) in [5.41, 5.74) is 1.96. The number of benzene rings is 1. The Balaban J connectivity index is 2.08. The van der Waals surface area contributed by atoms with Gasteiger partial charge in [-0.25, -0.2) is 4.98 Å². The van der Waals surface area contributed by atoms with Crippen molar-refractivity contribution < 1.29 is 9.59 Å². The summed E-state index contributed by atoms with van der Waals surface area (Å²) in [4.78, 5) is 30.3. The first-order valence-electron chi connectivity index (χ1n) is 6.08. The Hall–Kier alpha value is -1.53. The van der Waals surface area contributed by atoms with Gasteiger partial charge in [0.15, 0.2) is 11.4 Å². The van der Waals surface area contributed by atoms with Crippen LogP contribution in [0.5, 0.6) is 0 Å². The van der Waals surface area contributed by atoms with Crippen LogP contribution in [0, 0.1) is 6.92 Å². The van der Waals surface area contributed by atoms with Gasteiger partial charge < -0.3 is 4.90 Å². The van der Waals surface area contributed by atoms with Gasteiger partial charge in [0, 0.05) is 11.4 Å². The Morgan fingerprint density at radius 2 is 2.25 bits per heavy atom. The predicted octanol–water partition coefficient (Wildman–Crippen LogP) is 3.04. The number of fused-ring (bicyclic) bond motifs is 1. The number of aromatic nitrogens is 1. The van der Waals surface area contributed by atoms with Crippen molar-refractivity contribution in [2.75, 3.05) is 4.90 Å². The maximum absolute atomic E-state index is 12.0. The number of nitrogens with zero attached hydrogens (tertiary/aromatic N) is 2. The minimum Gasteiger partial charge on any atom is -0.329 e. The number of rotatable bonds is 3. The molecule has 0 N–H and O–H groups in total. The summed E-state index contributed by atoms with van der Waals surface area (Å²) >= 11 is 4.90. The van der Waals surface area contributed by atoms with Crippen LogP contribution in [-0.2, 0) is 16.1 Å². The highest BCUT2D eigenvalue weighted by atomic mass is 79.9. The first-order chi connectivity index (χ1) is 9.61. The molecule has 0 spiro atoms. The van der Waals surface area contributed by atoms with E-state index in [2.05, 4.69) is 20.9 Å². The van der Waals surface area contributed by atoms with Gasteiger partial charge in [-0.15, -0.1) is 11.3 Å². The van der Waals surface area contributed by atoms with Crippen LogP contribution in [0.4, 0.5) is 5.13 Å². The monoisotopic (exact) mass is 350 g/mol. The number of carbonyl (C=O) groups excluding carboxylic acids is 2. The highest BCUT2D eigenvalue weighted by Gasteiger charge is 2.36. The van der Waals surface area contributed by atoms with Crippen LogP contribution in [0.3, 0.4) is 0 Å². The van der Waals surface area contributed by atoms with E-state index in [4.69, 9.17) is 0 Å². The topological polar surface area (TPSA) is 50.3 Å². The van der Waals surface area contributed by atoms with Crippen molar-refractivity contribution in [2.24, 2.45) is 0 Å². The largest absolute Gasteiger partial charge is 0.329 e. The molecule has 0 amide bonds. The zero-order valence-corrected chi connectivity index (χ0v) is 13.1. The summed E-state index contributed by atoms with van der Waals surface area (Å²) in [6, 6.07) is 7.15. The Labute approximate surface area is 128 Å². The van der Waals surface area contributed by atoms with Crippen molar-refractivity contribution in [2.45, 2.75) is 19.5 Å². The quantitative estimate of drug-likeness (QED) is 0.630. The molecule has 1 aromatic carbocycles. The third kappa shape index (κ3) is 2.09. The fourth-order valence-electron chi connectivity index (χ4n) is 2.42. The van der Waals surface area contributed by atoms with Gasteiger partial charge >= 0.3 is 0 Å². The lowest BCUT2D eigenvalue weighted by atomic mass is 10.0. The number of aldehydes is 1. The number of halogens is 1. The molecule has 6 heteroatoms. The highest BCUT2D eigenvalue weighted by molar-refractivity contribution is 9.10. The van der Waals surface area contributed by atoms with Crippen molar-refractivity contribution in [3.63, 3.8) is 0 Å². The number of anilines is 1. The van der Waals surface area contributed by atoms with E-state index in [1.54, 1.807) is 0 Å².